The minimum atomic E-state index is 0.0197. The Bertz CT molecular complexity index is 378. The summed E-state index contributed by atoms with van der Waals surface area (Å²) in [5, 5.41) is 5.82. The van der Waals surface area contributed by atoms with E-state index in [1.54, 1.807) is 0 Å². The van der Waals surface area contributed by atoms with Gasteiger partial charge >= 0.3 is 0 Å². The quantitative estimate of drug-likeness (QED) is 0.779. The highest BCUT2D eigenvalue weighted by atomic mass is 16.5. The lowest BCUT2D eigenvalue weighted by Gasteiger charge is -2.10. The summed E-state index contributed by atoms with van der Waals surface area (Å²) in [6.07, 6.45) is 0.683. The largest absolute Gasteiger partial charge is 0.374 e. The first-order valence-corrected chi connectivity index (χ1v) is 6.27. The number of hydrogen-bond donors (Lipinski definition) is 2. The van der Waals surface area contributed by atoms with E-state index < -0.39 is 0 Å². The summed E-state index contributed by atoms with van der Waals surface area (Å²) in [6, 6.07) is 7.74. The summed E-state index contributed by atoms with van der Waals surface area (Å²) in [5.41, 5.74) is 1.89. The Labute approximate surface area is 109 Å². The molecule has 0 heterocycles. The van der Waals surface area contributed by atoms with Crippen molar-refractivity contribution in [2.24, 2.45) is 0 Å². The number of carbonyl (C=O) groups excluding carboxylic acids is 1. The maximum absolute atomic E-state index is 11.6. The molecule has 0 aromatic heterocycles. The van der Waals surface area contributed by atoms with E-state index in [2.05, 4.69) is 10.6 Å². The van der Waals surface area contributed by atoms with Crippen LogP contribution in [0.25, 0.3) is 0 Å². The van der Waals surface area contributed by atoms with Crippen LogP contribution in [0.15, 0.2) is 24.3 Å². The van der Waals surface area contributed by atoms with E-state index in [9.17, 15) is 4.79 Å². The van der Waals surface area contributed by atoms with E-state index in [4.69, 9.17) is 4.74 Å². The fourth-order valence-electron chi connectivity index (χ4n) is 1.46. The van der Waals surface area contributed by atoms with Crippen LogP contribution in [0.3, 0.4) is 0 Å². The molecule has 0 aliphatic heterocycles. The van der Waals surface area contributed by atoms with Crippen molar-refractivity contribution >= 4 is 11.6 Å². The topological polar surface area (TPSA) is 50.4 Å². The molecule has 18 heavy (non-hydrogen) atoms. The molecule has 0 unspecified atom stereocenters. The van der Waals surface area contributed by atoms with Gasteiger partial charge < -0.3 is 15.4 Å². The maximum atomic E-state index is 11.6. The summed E-state index contributed by atoms with van der Waals surface area (Å²) >= 11 is 0. The smallest absolute Gasteiger partial charge is 0.225 e. The molecule has 1 amide bonds. The molecule has 0 radical (unpaired) electrons. The van der Waals surface area contributed by atoms with Crippen LogP contribution in [-0.4, -0.2) is 25.6 Å². The van der Waals surface area contributed by atoms with Gasteiger partial charge in [0, 0.05) is 18.7 Å². The number of ether oxygens (including phenoxy) is 1. The Morgan fingerprint density at radius 3 is 2.83 bits per heavy atom. The molecule has 0 saturated carbocycles. The molecule has 0 saturated heterocycles. The second-order valence-corrected chi connectivity index (χ2v) is 4.46. The molecule has 0 atom stereocenters. The monoisotopic (exact) mass is 250 g/mol. The van der Waals surface area contributed by atoms with Gasteiger partial charge in [-0.25, -0.2) is 0 Å². The van der Waals surface area contributed by atoms with Gasteiger partial charge in [0.25, 0.3) is 0 Å². The molecule has 0 spiro atoms. The van der Waals surface area contributed by atoms with Crippen LogP contribution >= 0.6 is 0 Å². The third kappa shape index (κ3) is 5.80. The fourth-order valence-corrected chi connectivity index (χ4v) is 1.46. The van der Waals surface area contributed by atoms with Gasteiger partial charge in [-0.1, -0.05) is 12.1 Å². The van der Waals surface area contributed by atoms with Gasteiger partial charge in [-0.3, -0.25) is 4.79 Å². The van der Waals surface area contributed by atoms with Crippen LogP contribution in [0.2, 0.25) is 0 Å². The van der Waals surface area contributed by atoms with Crippen molar-refractivity contribution in [2.75, 3.05) is 18.9 Å². The molecule has 0 fully saturated rings. The normalized spacial score (nSPS) is 10.7. The van der Waals surface area contributed by atoms with Gasteiger partial charge in [0.2, 0.25) is 5.91 Å². The molecule has 4 heteroatoms. The number of anilines is 1. The lowest BCUT2D eigenvalue weighted by Crippen LogP contribution is -2.18. The SMILES string of the molecule is CNCCC(=O)Nc1cccc(COC(C)C)c1. The second kappa shape index (κ2) is 7.84. The molecule has 1 aromatic carbocycles. The first kappa shape index (κ1) is 14.7. The number of carbonyl (C=O) groups is 1. The average molecular weight is 250 g/mol. The molecule has 2 N–H and O–H groups in total. The zero-order valence-corrected chi connectivity index (χ0v) is 11.3. The number of benzene rings is 1. The maximum Gasteiger partial charge on any atom is 0.225 e. The predicted octanol–water partition coefficient (Wildman–Crippen LogP) is 2.16. The first-order chi connectivity index (χ1) is 8.61. The fraction of sp³-hybridized carbons (Fsp3) is 0.500. The number of rotatable bonds is 7. The Morgan fingerprint density at radius 2 is 2.17 bits per heavy atom. The van der Waals surface area contributed by atoms with E-state index in [0.717, 1.165) is 11.3 Å². The van der Waals surface area contributed by atoms with Gasteiger partial charge in [0.05, 0.1) is 12.7 Å². The standard InChI is InChI=1S/C14H22N2O2/c1-11(2)18-10-12-5-4-6-13(9-12)16-14(17)7-8-15-3/h4-6,9,11,15H,7-8,10H2,1-3H3,(H,16,17). The summed E-state index contributed by atoms with van der Waals surface area (Å²) in [7, 11) is 1.83. The molecule has 1 aromatic rings. The second-order valence-electron chi connectivity index (χ2n) is 4.46. The minimum absolute atomic E-state index is 0.0197. The van der Waals surface area contributed by atoms with E-state index in [1.807, 2.05) is 45.2 Å². The van der Waals surface area contributed by atoms with Crippen molar-refractivity contribution in [1.29, 1.82) is 0 Å². The highest BCUT2D eigenvalue weighted by molar-refractivity contribution is 5.90. The summed E-state index contributed by atoms with van der Waals surface area (Å²) in [4.78, 5) is 11.6. The number of hydrogen-bond acceptors (Lipinski definition) is 3. The van der Waals surface area contributed by atoms with Crippen LogP contribution in [0.5, 0.6) is 0 Å². The molecule has 4 nitrogen and oxygen atoms in total. The van der Waals surface area contributed by atoms with E-state index in [0.29, 0.717) is 19.6 Å². The molecular formula is C14H22N2O2. The van der Waals surface area contributed by atoms with Crippen molar-refractivity contribution in [3.63, 3.8) is 0 Å². The number of amides is 1. The third-order valence-corrected chi connectivity index (χ3v) is 2.40. The lowest BCUT2D eigenvalue weighted by molar-refractivity contribution is -0.116. The summed E-state index contributed by atoms with van der Waals surface area (Å²) < 4.78 is 5.53. The van der Waals surface area contributed by atoms with Gasteiger partial charge in [-0.2, -0.15) is 0 Å². The molecule has 0 bridgehead atoms. The summed E-state index contributed by atoms with van der Waals surface area (Å²) in [5.74, 6) is 0.0197. The number of nitrogens with one attached hydrogen (secondary N) is 2. The van der Waals surface area contributed by atoms with Crippen molar-refractivity contribution in [1.82, 2.24) is 5.32 Å². The van der Waals surface area contributed by atoms with Crippen molar-refractivity contribution in [3.8, 4) is 0 Å². The van der Waals surface area contributed by atoms with Crippen molar-refractivity contribution < 1.29 is 9.53 Å². The molecule has 100 valence electrons. The van der Waals surface area contributed by atoms with Gasteiger partial charge in [-0.15, -0.1) is 0 Å². The van der Waals surface area contributed by atoms with E-state index in [1.165, 1.54) is 0 Å². The highest BCUT2D eigenvalue weighted by Gasteiger charge is 2.03. The zero-order chi connectivity index (χ0) is 13.4. The highest BCUT2D eigenvalue weighted by Crippen LogP contribution is 2.12. The van der Waals surface area contributed by atoms with Crippen LogP contribution in [0.4, 0.5) is 5.69 Å². The molecule has 0 aliphatic carbocycles. The Balaban J connectivity index is 2.51. The average Bonchev–Trinajstić information content (AvgIpc) is 2.34. The Kier molecular flexibility index (Phi) is 6.39. The van der Waals surface area contributed by atoms with Crippen molar-refractivity contribution in [3.05, 3.63) is 29.8 Å². The zero-order valence-electron chi connectivity index (χ0n) is 11.3. The molecule has 0 aliphatic rings. The molecular weight excluding hydrogens is 228 g/mol. The van der Waals surface area contributed by atoms with Gasteiger partial charge in [0.1, 0.15) is 0 Å². The molecule has 1 rings (SSSR count). The Hall–Kier alpha value is -1.39. The Morgan fingerprint density at radius 1 is 1.39 bits per heavy atom. The van der Waals surface area contributed by atoms with Crippen molar-refractivity contribution in [2.45, 2.75) is 33.0 Å². The van der Waals surface area contributed by atoms with E-state index in [-0.39, 0.29) is 12.0 Å². The predicted molar refractivity (Wildman–Crippen MR) is 73.5 cm³/mol. The van der Waals surface area contributed by atoms with Crippen LogP contribution < -0.4 is 10.6 Å². The van der Waals surface area contributed by atoms with Gasteiger partial charge in [0.15, 0.2) is 0 Å². The lowest BCUT2D eigenvalue weighted by atomic mass is 10.2. The first-order valence-electron chi connectivity index (χ1n) is 6.27. The van der Waals surface area contributed by atoms with Crippen LogP contribution in [0.1, 0.15) is 25.8 Å². The van der Waals surface area contributed by atoms with Gasteiger partial charge in [-0.05, 0) is 38.6 Å². The van der Waals surface area contributed by atoms with Crippen LogP contribution in [-0.2, 0) is 16.1 Å². The van der Waals surface area contributed by atoms with Crippen LogP contribution in [0, 0.1) is 0 Å². The third-order valence-electron chi connectivity index (χ3n) is 2.40. The summed E-state index contributed by atoms with van der Waals surface area (Å²) in [6.45, 7) is 5.26. The minimum Gasteiger partial charge on any atom is -0.374 e. The van der Waals surface area contributed by atoms with E-state index >= 15 is 0 Å².